The number of hydrogen-bond donors (Lipinski definition) is 2. The van der Waals surface area contributed by atoms with Crippen molar-refractivity contribution in [3.05, 3.63) is 35.9 Å². The Morgan fingerprint density at radius 3 is 2.77 bits per heavy atom. The number of carbonyl (C=O) groups excluding carboxylic acids is 2. The molecule has 1 fully saturated rings. The van der Waals surface area contributed by atoms with E-state index in [4.69, 9.17) is 15.2 Å². The topological polar surface area (TPSA) is 150 Å². The molecule has 186 valence electrons. The van der Waals surface area contributed by atoms with E-state index in [0.29, 0.717) is 52.5 Å². The van der Waals surface area contributed by atoms with Gasteiger partial charge < -0.3 is 20.5 Å². The van der Waals surface area contributed by atoms with Crippen LogP contribution in [0, 0.1) is 5.41 Å². The minimum atomic E-state index is -0.614. The molecule has 13 heteroatoms. The molecule has 1 aliphatic rings. The highest BCUT2D eigenvalue weighted by molar-refractivity contribution is 7.19. The molecule has 1 saturated heterocycles. The number of amides is 1. The number of carbonyl (C=O) groups is 2. The Morgan fingerprint density at radius 2 is 2.06 bits per heavy atom. The van der Waals surface area contributed by atoms with Crippen LogP contribution in [0.4, 0.5) is 10.8 Å². The number of thiophene rings is 1. The summed E-state index contributed by atoms with van der Waals surface area (Å²) in [4.78, 5) is 35.9. The van der Waals surface area contributed by atoms with Gasteiger partial charge in [-0.15, -0.1) is 16.4 Å². The second kappa shape index (κ2) is 10.5. The Bertz CT molecular complexity index is 1200. The minimum absolute atomic E-state index is 0.0604. The molecule has 3 N–H and O–H groups in total. The largest absolute Gasteiger partial charge is 0.442 e. The number of esters is 1. The van der Waals surface area contributed by atoms with Crippen LogP contribution in [0.25, 0.3) is 10.6 Å². The van der Waals surface area contributed by atoms with Crippen molar-refractivity contribution in [2.75, 3.05) is 31.6 Å². The van der Waals surface area contributed by atoms with Crippen LogP contribution in [0.2, 0.25) is 0 Å². The Balaban J connectivity index is 1.48. The summed E-state index contributed by atoms with van der Waals surface area (Å²) in [7, 11) is 0. The number of nitrogens with zero attached hydrogens (tertiary/aromatic N) is 6. The third-order valence-electron chi connectivity index (χ3n) is 5.14. The maximum atomic E-state index is 12.1. The number of hydrogen-bond acceptors (Lipinski definition) is 11. The summed E-state index contributed by atoms with van der Waals surface area (Å²) in [5.41, 5.74) is 5.84. The van der Waals surface area contributed by atoms with E-state index in [2.05, 4.69) is 30.5 Å². The van der Waals surface area contributed by atoms with Gasteiger partial charge >= 0.3 is 5.97 Å². The Labute approximate surface area is 206 Å². The fourth-order valence-electron chi connectivity index (χ4n) is 3.23. The second-order valence-electron chi connectivity index (χ2n) is 9.04. The van der Waals surface area contributed by atoms with Crippen molar-refractivity contribution in [3.8, 4) is 10.6 Å². The van der Waals surface area contributed by atoms with E-state index in [9.17, 15) is 9.59 Å². The van der Waals surface area contributed by atoms with Crippen molar-refractivity contribution in [2.24, 2.45) is 11.1 Å². The van der Waals surface area contributed by atoms with Crippen LogP contribution in [-0.2, 0) is 27.5 Å². The maximum absolute atomic E-state index is 12.1. The quantitative estimate of drug-likeness (QED) is 0.440. The van der Waals surface area contributed by atoms with Crippen molar-refractivity contribution in [2.45, 2.75) is 34.0 Å². The first-order valence-electron chi connectivity index (χ1n) is 11.1. The van der Waals surface area contributed by atoms with Crippen LogP contribution in [0.5, 0.6) is 0 Å². The molecule has 0 unspecified atom stereocenters. The van der Waals surface area contributed by atoms with Gasteiger partial charge in [0, 0.05) is 19.3 Å². The zero-order valence-electron chi connectivity index (χ0n) is 19.9. The zero-order chi connectivity index (χ0) is 25.0. The van der Waals surface area contributed by atoms with Gasteiger partial charge in [-0.25, -0.2) is 14.6 Å². The normalized spacial score (nSPS) is 14.6. The number of ether oxygens (including phenoxy) is 2. The van der Waals surface area contributed by atoms with Gasteiger partial charge in [-0.05, 0) is 32.9 Å². The molecule has 0 bridgehead atoms. The van der Waals surface area contributed by atoms with Crippen molar-refractivity contribution in [1.29, 1.82) is 0 Å². The highest BCUT2D eigenvalue weighted by Crippen LogP contribution is 2.35. The third-order valence-corrected chi connectivity index (χ3v) is 6.22. The summed E-state index contributed by atoms with van der Waals surface area (Å²) in [6.07, 6.45) is 3.31. The van der Waals surface area contributed by atoms with Crippen LogP contribution < -0.4 is 11.1 Å². The van der Waals surface area contributed by atoms with E-state index >= 15 is 0 Å². The Kier molecular flexibility index (Phi) is 7.38. The maximum Gasteiger partial charge on any atom is 0.313 e. The highest BCUT2D eigenvalue weighted by atomic mass is 32.1. The summed E-state index contributed by atoms with van der Waals surface area (Å²) in [5.74, 6) is 0.300. The van der Waals surface area contributed by atoms with Gasteiger partial charge in [0.05, 0.1) is 41.8 Å². The Morgan fingerprint density at radius 1 is 1.29 bits per heavy atom. The summed E-state index contributed by atoms with van der Waals surface area (Å²) < 4.78 is 12.1. The zero-order valence-corrected chi connectivity index (χ0v) is 20.7. The van der Waals surface area contributed by atoms with Gasteiger partial charge in [-0.3, -0.25) is 14.5 Å². The van der Waals surface area contributed by atoms with Crippen molar-refractivity contribution < 1.29 is 19.1 Å². The smallest absolute Gasteiger partial charge is 0.313 e. The average molecular weight is 501 g/mol. The lowest BCUT2D eigenvalue weighted by atomic mass is 9.98. The van der Waals surface area contributed by atoms with E-state index in [-0.39, 0.29) is 12.7 Å². The molecule has 1 amide bonds. The molecule has 1 aliphatic heterocycles. The fraction of sp³-hybridized carbons (Fsp3) is 0.455. The molecule has 0 aliphatic carbocycles. The Hall–Kier alpha value is -3.42. The van der Waals surface area contributed by atoms with E-state index in [1.165, 1.54) is 16.0 Å². The molecule has 0 saturated carbocycles. The molecule has 4 heterocycles. The van der Waals surface area contributed by atoms with Gasteiger partial charge in [0.2, 0.25) is 0 Å². The second-order valence-corrected chi connectivity index (χ2v) is 10.1. The van der Waals surface area contributed by atoms with Crippen LogP contribution in [0.1, 0.15) is 37.0 Å². The molecular formula is C22H28N8O4S. The molecule has 12 nitrogen and oxygen atoms in total. The number of morpholine rings is 1. The average Bonchev–Trinajstić information content (AvgIpc) is 3.45. The van der Waals surface area contributed by atoms with Crippen LogP contribution in [-0.4, -0.2) is 68.0 Å². The number of aromatic nitrogens is 5. The molecule has 0 aromatic carbocycles. The summed E-state index contributed by atoms with van der Waals surface area (Å²) in [6.45, 7) is 8.93. The molecule has 3 aromatic rings. The summed E-state index contributed by atoms with van der Waals surface area (Å²) >= 11 is 1.30. The van der Waals surface area contributed by atoms with Crippen LogP contribution in [0.3, 0.4) is 0 Å². The number of primary amides is 1. The first-order valence-corrected chi connectivity index (χ1v) is 11.9. The summed E-state index contributed by atoms with van der Waals surface area (Å²) in [5, 5.41) is 11.9. The minimum Gasteiger partial charge on any atom is -0.442 e. The van der Waals surface area contributed by atoms with Crippen molar-refractivity contribution in [3.63, 3.8) is 0 Å². The monoisotopic (exact) mass is 500 g/mol. The molecule has 3 aromatic heterocycles. The predicted molar refractivity (Wildman–Crippen MR) is 129 cm³/mol. The van der Waals surface area contributed by atoms with E-state index in [0.717, 1.165) is 13.1 Å². The lowest BCUT2D eigenvalue weighted by molar-refractivity contribution is -0.157. The van der Waals surface area contributed by atoms with Crippen LogP contribution in [0.15, 0.2) is 24.5 Å². The van der Waals surface area contributed by atoms with Crippen molar-refractivity contribution >= 4 is 34.0 Å². The fourth-order valence-corrected chi connectivity index (χ4v) is 4.25. The van der Waals surface area contributed by atoms with E-state index in [1.807, 2.05) is 0 Å². The number of anilines is 2. The third kappa shape index (κ3) is 6.38. The first-order chi connectivity index (χ1) is 16.7. The van der Waals surface area contributed by atoms with Gasteiger partial charge in [-0.2, -0.15) is 0 Å². The molecule has 0 spiro atoms. The van der Waals surface area contributed by atoms with Gasteiger partial charge in [0.1, 0.15) is 22.3 Å². The number of nitrogens with two attached hydrogens (primary N) is 1. The lowest BCUT2D eigenvalue weighted by Crippen LogP contribution is -2.36. The predicted octanol–water partition coefficient (Wildman–Crippen LogP) is 2.02. The van der Waals surface area contributed by atoms with Crippen LogP contribution >= 0.6 is 11.3 Å². The van der Waals surface area contributed by atoms with Gasteiger partial charge in [-0.1, -0.05) is 5.21 Å². The SMILES string of the molecule is CC(C)(C)C(=O)OCn1cc(-c2cc(C(N)=O)c(Nc3ccnc(CN4CCOCC4)n3)s2)nn1. The number of rotatable bonds is 8. The highest BCUT2D eigenvalue weighted by Gasteiger charge is 2.23. The summed E-state index contributed by atoms with van der Waals surface area (Å²) in [6, 6.07) is 3.38. The van der Waals surface area contributed by atoms with Gasteiger partial charge in [0.25, 0.3) is 5.91 Å². The molecule has 0 radical (unpaired) electrons. The van der Waals surface area contributed by atoms with E-state index < -0.39 is 11.3 Å². The first kappa shape index (κ1) is 24.7. The van der Waals surface area contributed by atoms with Gasteiger partial charge in [0.15, 0.2) is 6.73 Å². The number of nitrogens with one attached hydrogen (secondary N) is 1. The van der Waals surface area contributed by atoms with Crippen molar-refractivity contribution in [1.82, 2.24) is 29.9 Å². The lowest BCUT2D eigenvalue weighted by Gasteiger charge is -2.25. The molecular weight excluding hydrogens is 472 g/mol. The standard InChI is InChI=1S/C22H28N8O4S/c1-22(2,3)21(32)34-13-30-11-15(27-28-30)16-10-14(19(23)31)20(35-16)26-17-4-5-24-18(25-17)12-29-6-8-33-9-7-29/h4-5,10-11H,6-9,12-13H2,1-3H3,(H2,23,31)(H,24,25,26). The molecule has 0 atom stereocenters. The molecule has 35 heavy (non-hydrogen) atoms. The molecule has 4 rings (SSSR count). The van der Waals surface area contributed by atoms with E-state index in [1.54, 1.807) is 45.3 Å².